The number of pyridine rings is 1. The number of hydrogen-bond donors (Lipinski definition) is 1. The SMILES string of the molecule is Cc1cccc(NCCc2ccncc2)c1C. The van der Waals surface area contributed by atoms with Gasteiger partial charge in [-0.15, -0.1) is 0 Å². The summed E-state index contributed by atoms with van der Waals surface area (Å²) in [5.41, 5.74) is 5.22. The summed E-state index contributed by atoms with van der Waals surface area (Å²) in [4.78, 5) is 4.02. The van der Waals surface area contributed by atoms with E-state index in [1.165, 1.54) is 22.4 Å². The zero-order chi connectivity index (χ0) is 12.1. The lowest BCUT2D eigenvalue weighted by atomic mass is 10.1. The van der Waals surface area contributed by atoms with E-state index in [4.69, 9.17) is 0 Å². The van der Waals surface area contributed by atoms with Gasteiger partial charge in [0.1, 0.15) is 0 Å². The molecule has 0 fully saturated rings. The number of aromatic nitrogens is 1. The highest BCUT2D eigenvalue weighted by atomic mass is 14.9. The first-order chi connectivity index (χ1) is 8.27. The summed E-state index contributed by atoms with van der Waals surface area (Å²) in [6, 6.07) is 10.5. The zero-order valence-corrected chi connectivity index (χ0v) is 10.4. The number of nitrogens with one attached hydrogen (secondary N) is 1. The molecule has 0 amide bonds. The smallest absolute Gasteiger partial charge is 0.0372 e. The summed E-state index contributed by atoms with van der Waals surface area (Å²) in [6.07, 6.45) is 4.70. The molecule has 0 atom stereocenters. The van der Waals surface area contributed by atoms with Gasteiger partial charge in [0.25, 0.3) is 0 Å². The molecule has 2 rings (SSSR count). The van der Waals surface area contributed by atoms with Gasteiger partial charge < -0.3 is 5.32 Å². The van der Waals surface area contributed by atoms with Crippen molar-refractivity contribution in [1.29, 1.82) is 0 Å². The quantitative estimate of drug-likeness (QED) is 0.864. The molecule has 0 saturated heterocycles. The maximum Gasteiger partial charge on any atom is 0.0372 e. The van der Waals surface area contributed by atoms with Gasteiger partial charge in [-0.3, -0.25) is 4.98 Å². The molecule has 0 radical (unpaired) electrons. The van der Waals surface area contributed by atoms with Gasteiger partial charge in [-0.05, 0) is 55.2 Å². The number of hydrogen-bond acceptors (Lipinski definition) is 2. The Morgan fingerprint density at radius 3 is 2.59 bits per heavy atom. The summed E-state index contributed by atoms with van der Waals surface area (Å²) in [7, 11) is 0. The second kappa shape index (κ2) is 5.48. The third kappa shape index (κ3) is 3.06. The van der Waals surface area contributed by atoms with Crippen LogP contribution in [0.5, 0.6) is 0 Å². The van der Waals surface area contributed by atoms with Gasteiger partial charge in [-0.25, -0.2) is 0 Å². The van der Waals surface area contributed by atoms with Gasteiger partial charge in [0.2, 0.25) is 0 Å². The van der Waals surface area contributed by atoms with E-state index in [0.29, 0.717) is 0 Å². The molecule has 0 bridgehead atoms. The first-order valence-electron chi connectivity index (χ1n) is 5.96. The van der Waals surface area contributed by atoms with Gasteiger partial charge in [0.05, 0.1) is 0 Å². The van der Waals surface area contributed by atoms with Crippen molar-refractivity contribution in [2.45, 2.75) is 20.3 Å². The topological polar surface area (TPSA) is 24.9 Å². The lowest BCUT2D eigenvalue weighted by Gasteiger charge is -2.11. The van der Waals surface area contributed by atoms with Gasteiger partial charge in [-0.2, -0.15) is 0 Å². The summed E-state index contributed by atoms with van der Waals surface area (Å²) in [5, 5.41) is 3.48. The van der Waals surface area contributed by atoms with Crippen LogP contribution >= 0.6 is 0 Å². The Hall–Kier alpha value is -1.83. The first-order valence-corrected chi connectivity index (χ1v) is 5.96. The van der Waals surface area contributed by atoms with Crippen LogP contribution in [-0.4, -0.2) is 11.5 Å². The molecule has 0 spiro atoms. The molecular formula is C15H18N2. The Morgan fingerprint density at radius 2 is 1.82 bits per heavy atom. The Kier molecular flexibility index (Phi) is 3.76. The molecule has 2 heteroatoms. The van der Waals surface area contributed by atoms with Crippen LogP contribution in [-0.2, 0) is 6.42 Å². The lowest BCUT2D eigenvalue weighted by molar-refractivity contribution is 1.01. The fourth-order valence-corrected chi connectivity index (χ4v) is 1.83. The van der Waals surface area contributed by atoms with Crippen molar-refractivity contribution in [2.24, 2.45) is 0 Å². The highest BCUT2D eigenvalue weighted by Crippen LogP contribution is 2.17. The summed E-state index contributed by atoms with van der Waals surface area (Å²) >= 11 is 0. The summed E-state index contributed by atoms with van der Waals surface area (Å²) in [5.74, 6) is 0. The largest absolute Gasteiger partial charge is 0.384 e. The molecule has 2 aromatic rings. The van der Waals surface area contributed by atoms with Crippen molar-refractivity contribution in [3.8, 4) is 0 Å². The third-order valence-electron chi connectivity index (χ3n) is 3.08. The molecule has 17 heavy (non-hydrogen) atoms. The fourth-order valence-electron chi connectivity index (χ4n) is 1.83. The van der Waals surface area contributed by atoms with Gasteiger partial charge in [-0.1, -0.05) is 12.1 Å². The van der Waals surface area contributed by atoms with E-state index in [0.717, 1.165) is 13.0 Å². The van der Waals surface area contributed by atoms with Gasteiger partial charge in [0, 0.05) is 24.6 Å². The Balaban J connectivity index is 1.93. The van der Waals surface area contributed by atoms with E-state index < -0.39 is 0 Å². The molecule has 1 aromatic carbocycles. The van der Waals surface area contributed by atoms with Crippen molar-refractivity contribution in [3.05, 3.63) is 59.4 Å². The maximum atomic E-state index is 4.02. The highest BCUT2D eigenvalue weighted by molar-refractivity contribution is 5.53. The second-order valence-corrected chi connectivity index (χ2v) is 4.28. The molecule has 0 aliphatic carbocycles. The number of benzene rings is 1. The van der Waals surface area contributed by atoms with E-state index in [9.17, 15) is 0 Å². The summed E-state index contributed by atoms with van der Waals surface area (Å²) in [6.45, 7) is 5.25. The number of anilines is 1. The molecule has 1 N–H and O–H groups in total. The minimum absolute atomic E-state index is 0.953. The van der Waals surface area contributed by atoms with Crippen molar-refractivity contribution in [2.75, 3.05) is 11.9 Å². The van der Waals surface area contributed by atoms with E-state index in [1.54, 1.807) is 0 Å². The van der Waals surface area contributed by atoms with Crippen molar-refractivity contribution >= 4 is 5.69 Å². The van der Waals surface area contributed by atoms with Crippen molar-refractivity contribution in [3.63, 3.8) is 0 Å². The molecular weight excluding hydrogens is 208 g/mol. The van der Waals surface area contributed by atoms with Gasteiger partial charge in [0.15, 0.2) is 0 Å². The predicted molar refractivity (Wildman–Crippen MR) is 72.3 cm³/mol. The maximum absolute atomic E-state index is 4.02. The Morgan fingerprint density at radius 1 is 1.06 bits per heavy atom. The average molecular weight is 226 g/mol. The Bertz CT molecular complexity index is 478. The standard InChI is InChI=1S/C15H18N2/c1-12-4-3-5-15(13(12)2)17-11-8-14-6-9-16-10-7-14/h3-7,9-10,17H,8,11H2,1-2H3. The van der Waals surface area contributed by atoms with Crippen molar-refractivity contribution in [1.82, 2.24) is 4.98 Å². The van der Waals surface area contributed by atoms with Crippen LogP contribution in [0.1, 0.15) is 16.7 Å². The second-order valence-electron chi connectivity index (χ2n) is 4.28. The molecule has 0 unspecified atom stereocenters. The Labute approximate surface area is 103 Å². The van der Waals surface area contributed by atoms with Crippen molar-refractivity contribution < 1.29 is 0 Å². The zero-order valence-electron chi connectivity index (χ0n) is 10.4. The molecule has 1 aromatic heterocycles. The van der Waals surface area contributed by atoms with E-state index in [-0.39, 0.29) is 0 Å². The molecule has 1 heterocycles. The predicted octanol–water partition coefficient (Wildman–Crippen LogP) is 3.35. The normalized spacial score (nSPS) is 10.2. The molecule has 2 nitrogen and oxygen atoms in total. The average Bonchev–Trinajstić information content (AvgIpc) is 2.36. The lowest BCUT2D eigenvalue weighted by Crippen LogP contribution is -2.06. The van der Waals surface area contributed by atoms with Crippen LogP contribution in [0.25, 0.3) is 0 Å². The molecule has 0 saturated carbocycles. The minimum Gasteiger partial charge on any atom is -0.384 e. The molecule has 88 valence electrons. The van der Waals surface area contributed by atoms with E-state index in [2.05, 4.69) is 54.5 Å². The van der Waals surface area contributed by atoms with Crippen LogP contribution in [0, 0.1) is 13.8 Å². The number of nitrogens with zero attached hydrogens (tertiary/aromatic N) is 1. The van der Waals surface area contributed by atoms with E-state index in [1.807, 2.05) is 12.4 Å². The first kappa shape index (κ1) is 11.6. The summed E-state index contributed by atoms with van der Waals surface area (Å²) < 4.78 is 0. The molecule has 0 aliphatic heterocycles. The van der Waals surface area contributed by atoms with Crippen LogP contribution < -0.4 is 5.32 Å². The number of rotatable bonds is 4. The highest BCUT2D eigenvalue weighted by Gasteiger charge is 1.99. The van der Waals surface area contributed by atoms with Crippen LogP contribution in [0.15, 0.2) is 42.7 Å². The molecule has 0 aliphatic rings. The third-order valence-corrected chi connectivity index (χ3v) is 3.08. The van der Waals surface area contributed by atoms with Crippen LogP contribution in [0.4, 0.5) is 5.69 Å². The van der Waals surface area contributed by atoms with Gasteiger partial charge >= 0.3 is 0 Å². The fraction of sp³-hybridized carbons (Fsp3) is 0.267. The van der Waals surface area contributed by atoms with E-state index >= 15 is 0 Å². The number of aryl methyl sites for hydroxylation is 1. The van der Waals surface area contributed by atoms with Crippen LogP contribution in [0.3, 0.4) is 0 Å². The minimum atomic E-state index is 0.953. The monoisotopic (exact) mass is 226 g/mol. The van der Waals surface area contributed by atoms with Crippen LogP contribution in [0.2, 0.25) is 0 Å².